The summed E-state index contributed by atoms with van der Waals surface area (Å²) in [7, 11) is -3.33. The first-order valence-electron chi connectivity index (χ1n) is 7.53. The lowest BCUT2D eigenvalue weighted by atomic mass is 10.2. The van der Waals surface area contributed by atoms with Crippen LogP contribution >= 0.6 is 0 Å². The smallest absolute Gasteiger partial charge is 0.224 e. The zero-order valence-electron chi connectivity index (χ0n) is 13.4. The highest BCUT2D eigenvalue weighted by molar-refractivity contribution is 7.91. The maximum absolute atomic E-state index is 12.2. The van der Waals surface area contributed by atoms with Gasteiger partial charge in [0.25, 0.3) is 0 Å². The molecule has 0 saturated carbocycles. The third kappa shape index (κ3) is 5.21. The first-order valence-corrected chi connectivity index (χ1v) is 9.18. The second-order valence-electron chi connectivity index (χ2n) is 5.65. The number of carbonyl (C=O) groups excluding carboxylic acids is 1. The van der Waals surface area contributed by atoms with E-state index in [1.54, 1.807) is 24.3 Å². The number of benzene rings is 2. The van der Waals surface area contributed by atoms with Crippen molar-refractivity contribution in [3.05, 3.63) is 59.7 Å². The number of rotatable bonds is 6. The van der Waals surface area contributed by atoms with Gasteiger partial charge in [0, 0.05) is 12.1 Å². The lowest BCUT2D eigenvalue weighted by molar-refractivity contribution is -0.116. The average Bonchev–Trinajstić information content (AvgIpc) is 2.50. The van der Waals surface area contributed by atoms with Gasteiger partial charge in [-0.3, -0.25) is 4.79 Å². The number of nitrogens with one attached hydrogen (secondary N) is 1. The monoisotopic (exact) mass is 331 g/mol. The number of anilines is 1. The van der Waals surface area contributed by atoms with Crippen LogP contribution in [-0.2, 0) is 14.6 Å². The van der Waals surface area contributed by atoms with E-state index in [4.69, 9.17) is 0 Å². The fourth-order valence-electron chi connectivity index (χ4n) is 2.15. The molecule has 0 aromatic heterocycles. The summed E-state index contributed by atoms with van der Waals surface area (Å²) >= 11 is 0. The van der Waals surface area contributed by atoms with Crippen LogP contribution in [0.5, 0.6) is 0 Å². The third-order valence-electron chi connectivity index (χ3n) is 3.53. The Bertz CT molecular complexity index is 763. The fourth-order valence-corrected chi connectivity index (χ4v) is 3.46. The maximum atomic E-state index is 12.2. The van der Waals surface area contributed by atoms with E-state index >= 15 is 0 Å². The summed E-state index contributed by atoms with van der Waals surface area (Å²) in [5, 5.41) is 2.77. The van der Waals surface area contributed by atoms with E-state index in [1.165, 1.54) is 0 Å². The molecule has 0 aliphatic rings. The molecule has 0 unspecified atom stereocenters. The lowest BCUT2D eigenvalue weighted by Gasteiger charge is -2.07. The summed E-state index contributed by atoms with van der Waals surface area (Å²) in [6, 6.07) is 14.3. The van der Waals surface area contributed by atoms with Crippen LogP contribution in [0.1, 0.15) is 24.0 Å². The van der Waals surface area contributed by atoms with E-state index in [1.807, 2.05) is 38.1 Å². The van der Waals surface area contributed by atoms with E-state index in [-0.39, 0.29) is 18.1 Å². The molecule has 0 aliphatic heterocycles. The lowest BCUT2D eigenvalue weighted by Crippen LogP contribution is -2.14. The summed E-state index contributed by atoms with van der Waals surface area (Å²) in [6.45, 7) is 3.88. The van der Waals surface area contributed by atoms with Crippen molar-refractivity contribution in [2.45, 2.75) is 31.6 Å². The molecule has 0 spiro atoms. The van der Waals surface area contributed by atoms with Crippen molar-refractivity contribution in [3.63, 3.8) is 0 Å². The molecule has 2 rings (SSSR count). The molecule has 0 radical (unpaired) electrons. The van der Waals surface area contributed by atoms with Crippen molar-refractivity contribution in [1.82, 2.24) is 0 Å². The minimum Gasteiger partial charge on any atom is -0.326 e. The molecule has 122 valence electrons. The first-order chi connectivity index (χ1) is 10.9. The van der Waals surface area contributed by atoms with Gasteiger partial charge < -0.3 is 5.32 Å². The Balaban J connectivity index is 1.85. The Morgan fingerprint density at radius 2 is 1.43 bits per heavy atom. The highest BCUT2D eigenvalue weighted by atomic mass is 32.2. The van der Waals surface area contributed by atoms with Crippen molar-refractivity contribution in [3.8, 4) is 0 Å². The standard InChI is InChI=1S/C18H21NO3S/c1-14-5-9-16(10-6-14)19-18(20)4-3-13-23(21,22)17-11-7-15(2)8-12-17/h5-12H,3-4,13H2,1-2H3,(H,19,20). The van der Waals surface area contributed by atoms with Gasteiger partial charge in [0.2, 0.25) is 5.91 Å². The predicted molar refractivity (Wildman–Crippen MR) is 92.3 cm³/mol. The Labute approximate surface area is 137 Å². The number of hydrogen-bond donors (Lipinski definition) is 1. The SMILES string of the molecule is Cc1ccc(NC(=O)CCCS(=O)(=O)c2ccc(C)cc2)cc1. The van der Waals surface area contributed by atoms with Gasteiger partial charge in [0.15, 0.2) is 9.84 Å². The Kier molecular flexibility index (Phi) is 5.55. The third-order valence-corrected chi connectivity index (χ3v) is 5.35. The predicted octanol–water partition coefficient (Wildman–Crippen LogP) is 3.50. The van der Waals surface area contributed by atoms with Gasteiger partial charge in [-0.1, -0.05) is 35.4 Å². The normalized spacial score (nSPS) is 11.2. The molecule has 5 heteroatoms. The molecule has 23 heavy (non-hydrogen) atoms. The highest BCUT2D eigenvalue weighted by Gasteiger charge is 2.14. The summed E-state index contributed by atoms with van der Waals surface area (Å²) in [5.41, 5.74) is 2.86. The van der Waals surface area contributed by atoms with Crippen molar-refractivity contribution < 1.29 is 13.2 Å². The minimum atomic E-state index is -3.33. The minimum absolute atomic E-state index is 0.0304. The quantitative estimate of drug-likeness (QED) is 0.881. The summed E-state index contributed by atoms with van der Waals surface area (Å²) in [5.74, 6) is -0.204. The Morgan fingerprint density at radius 1 is 0.913 bits per heavy atom. The molecule has 0 atom stereocenters. The van der Waals surface area contributed by atoms with Crippen LogP contribution in [0.4, 0.5) is 5.69 Å². The van der Waals surface area contributed by atoms with Crippen molar-refractivity contribution >= 4 is 21.4 Å². The van der Waals surface area contributed by atoms with Crippen LogP contribution in [0.2, 0.25) is 0 Å². The molecule has 1 amide bonds. The van der Waals surface area contributed by atoms with Crippen molar-refractivity contribution in [1.29, 1.82) is 0 Å². The van der Waals surface area contributed by atoms with Crippen LogP contribution in [-0.4, -0.2) is 20.1 Å². The van der Waals surface area contributed by atoms with Gasteiger partial charge in [-0.05, 0) is 44.5 Å². The first kappa shape index (κ1) is 17.2. The van der Waals surface area contributed by atoms with E-state index < -0.39 is 9.84 Å². The Morgan fingerprint density at radius 3 is 2.00 bits per heavy atom. The van der Waals surface area contributed by atoms with E-state index in [2.05, 4.69) is 5.32 Å². The molecule has 0 bridgehead atoms. The molecular weight excluding hydrogens is 310 g/mol. The highest BCUT2D eigenvalue weighted by Crippen LogP contribution is 2.14. The van der Waals surface area contributed by atoms with Crippen LogP contribution in [0.15, 0.2) is 53.4 Å². The topological polar surface area (TPSA) is 63.2 Å². The maximum Gasteiger partial charge on any atom is 0.224 e. The van der Waals surface area contributed by atoms with Crippen LogP contribution in [0, 0.1) is 13.8 Å². The number of aryl methyl sites for hydroxylation is 2. The number of amides is 1. The summed E-state index contributed by atoms with van der Waals surface area (Å²) in [4.78, 5) is 12.2. The molecule has 2 aromatic rings. The molecule has 0 heterocycles. The van der Waals surface area contributed by atoms with Crippen molar-refractivity contribution in [2.24, 2.45) is 0 Å². The second-order valence-corrected chi connectivity index (χ2v) is 7.76. The number of sulfone groups is 1. The Hall–Kier alpha value is -2.14. The van der Waals surface area contributed by atoms with Gasteiger partial charge in [-0.15, -0.1) is 0 Å². The van der Waals surface area contributed by atoms with Crippen molar-refractivity contribution in [2.75, 3.05) is 11.1 Å². The molecule has 0 aliphatic carbocycles. The van der Waals surface area contributed by atoms with E-state index in [9.17, 15) is 13.2 Å². The molecule has 1 N–H and O–H groups in total. The fraction of sp³-hybridized carbons (Fsp3) is 0.278. The van der Waals surface area contributed by atoms with Gasteiger partial charge >= 0.3 is 0 Å². The average molecular weight is 331 g/mol. The zero-order chi connectivity index (χ0) is 16.9. The van der Waals surface area contributed by atoms with Gasteiger partial charge in [0.1, 0.15) is 0 Å². The second kappa shape index (κ2) is 7.42. The van der Waals surface area contributed by atoms with E-state index in [0.29, 0.717) is 11.3 Å². The van der Waals surface area contributed by atoms with Crippen LogP contribution < -0.4 is 5.32 Å². The molecule has 4 nitrogen and oxygen atoms in total. The van der Waals surface area contributed by atoms with Gasteiger partial charge in [0.05, 0.1) is 10.6 Å². The van der Waals surface area contributed by atoms with E-state index in [0.717, 1.165) is 16.8 Å². The number of carbonyl (C=O) groups is 1. The van der Waals surface area contributed by atoms with Crippen LogP contribution in [0.3, 0.4) is 0 Å². The molecular formula is C18H21NO3S. The molecule has 0 fully saturated rings. The molecule has 0 saturated heterocycles. The van der Waals surface area contributed by atoms with Gasteiger partial charge in [-0.2, -0.15) is 0 Å². The summed E-state index contributed by atoms with van der Waals surface area (Å²) in [6.07, 6.45) is 0.479. The zero-order valence-corrected chi connectivity index (χ0v) is 14.2. The summed E-state index contributed by atoms with van der Waals surface area (Å²) < 4.78 is 24.4. The number of hydrogen-bond acceptors (Lipinski definition) is 3. The van der Waals surface area contributed by atoms with Gasteiger partial charge in [-0.25, -0.2) is 8.42 Å². The van der Waals surface area contributed by atoms with Crippen LogP contribution in [0.25, 0.3) is 0 Å². The molecule has 2 aromatic carbocycles. The largest absolute Gasteiger partial charge is 0.326 e.